The van der Waals surface area contributed by atoms with E-state index in [2.05, 4.69) is 12.2 Å². The number of hydrogen-bond acceptors (Lipinski definition) is 2. The summed E-state index contributed by atoms with van der Waals surface area (Å²) in [5.74, 6) is 1.12. The maximum absolute atomic E-state index is 12.2. The zero-order chi connectivity index (χ0) is 12.3. The number of rotatable bonds is 2. The first-order chi connectivity index (χ1) is 8.16. The van der Waals surface area contributed by atoms with Gasteiger partial charge in [0, 0.05) is 12.1 Å². The van der Waals surface area contributed by atoms with Gasteiger partial charge in [0.15, 0.2) is 0 Å². The van der Waals surface area contributed by atoms with Gasteiger partial charge in [-0.3, -0.25) is 4.79 Å². The van der Waals surface area contributed by atoms with Crippen LogP contribution in [-0.4, -0.2) is 18.0 Å². The number of carbonyl (C=O) groups excluding carboxylic acids is 1. The predicted molar refractivity (Wildman–Crippen MR) is 69.5 cm³/mol. The maximum Gasteiger partial charge on any atom is 0.224 e. The van der Waals surface area contributed by atoms with E-state index in [0.717, 1.165) is 38.0 Å². The topological polar surface area (TPSA) is 55.1 Å². The van der Waals surface area contributed by atoms with Gasteiger partial charge in [0.2, 0.25) is 5.91 Å². The van der Waals surface area contributed by atoms with E-state index in [1.165, 1.54) is 19.3 Å². The van der Waals surface area contributed by atoms with Gasteiger partial charge >= 0.3 is 0 Å². The largest absolute Gasteiger partial charge is 0.353 e. The molecule has 0 radical (unpaired) electrons. The summed E-state index contributed by atoms with van der Waals surface area (Å²) in [5.41, 5.74) is 6.05. The lowest BCUT2D eigenvalue weighted by Gasteiger charge is -2.32. The maximum atomic E-state index is 12.2. The molecular weight excluding hydrogens is 212 g/mol. The van der Waals surface area contributed by atoms with Crippen LogP contribution < -0.4 is 11.1 Å². The molecule has 2 unspecified atom stereocenters. The van der Waals surface area contributed by atoms with Gasteiger partial charge in [0.1, 0.15) is 0 Å². The van der Waals surface area contributed by atoms with Crippen LogP contribution in [0.3, 0.4) is 0 Å². The molecule has 2 aliphatic rings. The molecule has 2 saturated carbocycles. The summed E-state index contributed by atoms with van der Waals surface area (Å²) in [4.78, 5) is 12.2. The molecule has 2 aliphatic carbocycles. The normalized spacial score (nSPS) is 38.7. The Morgan fingerprint density at radius 2 is 1.71 bits per heavy atom. The van der Waals surface area contributed by atoms with Crippen LogP contribution in [0.4, 0.5) is 0 Å². The van der Waals surface area contributed by atoms with E-state index in [-0.39, 0.29) is 17.9 Å². The van der Waals surface area contributed by atoms with Gasteiger partial charge in [-0.2, -0.15) is 0 Å². The van der Waals surface area contributed by atoms with E-state index in [0.29, 0.717) is 6.04 Å². The first-order valence-corrected chi connectivity index (χ1v) is 7.22. The fourth-order valence-corrected chi connectivity index (χ4v) is 3.20. The Kier molecular flexibility index (Phi) is 4.43. The van der Waals surface area contributed by atoms with Gasteiger partial charge in [-0.15, -0.1) is 0 Å². The highest BCUT2D eigenvalue weighted by Crippen LogP contribution is 2.26. The van der Waals surface area contributed by atoms with Crippen LogP contribution in [0, 0.1) is 11.8 Å². The highest BCUT2D eigenvalue weighted by atomic mass is 16.2. The van der Waals surface area contributed by atoms with Crippen molar-refractivity contribution in [3.05, 3.63) is 0 Å². The zero-order valence-electron chi connectivity index (χ0n) is 11.0. The first-order valence-electron chi connectivity index (χ1n) is 7.22. The van der Waals surface area contributed by atoms with Crippen molar-refractivity contribution in [1.29, 1.82) is 0 Å². The molecule has 2 fully saturated rings. The molecule has 0 saturated heterocycles. The second-order valence-electron chi connectivity index (χ2n) is 6.02. The number of amides is 1. The minimum atomic E-state index is 0.0723. The Balaban J connectivity index is 1.79. The molecule has 2 atom stereocenters. The quantitative estimate of drug-likeness (QED) is 0.775. The molecule has 0 aromatic rings. The van der Waals surface area contributed by atoms with Gasteiger partial charge in [0.05, 0.1) is 5.92 Å². The molecule has 17 heavy (non-hydrogen) atoms. The fraction of sp³-hybridized carbons (Fsp3) is 0.929. The van der Waals surface area contributed by atoms with Gasteiger partial charge in [0.25, 0.3) is 0 Å². The second kappa shape index (κ2) is 5.85. The zero-order valence-corrected chi connectivity index (χ0v) is 11.0. The van der Waals surface area contributed by atoms with Crippen molar-refractivity contribution in [2.75, 3.05) is 0 Å². The summed E-state index contributed by atoms with van der Waals surface area (Å²) in [6, 6.07) is 0.499. The van der Waals surface area contributed by atoms with Gasteiger partial charge in [-0.25, -0.2) is 0 Å². The third-order valence-electron chi connectivity index (χ3n) is 4.52. The van der Waals surface area contributed by atoms with E-state index in [9.17, 15) is 4.79 Å². The van der Waals surface area contributed by atoms with Gasteiger partial charge in [-0.05, 0) is 44.4 Å². The molecule has 0 aromatic heterocycles. The monoisotopic (exact) mass is 238 g/mol. The third kappa shape index (κ3) is 3.44. The molecule has 0 spiro atoms. The summed E-state index contributed by atoms with van der Waals surface area (Å²) in [5, 5.41) is 3.22. The molecule has 3 nitrogen and oxygen atoms in total. The van der Waals surface area contributed by atoms with Gasteiger partial charge in [-0.1, -0.05) is 19.8 Å². The van der Waals surface area contributed by atoms with E-state index < -0.39 is 0 Å². The lowest BCUT2D eigenvalue weighted by atomic mass is 9.83. The summed E-state index contributed by atoms with van der Waals surface area (Å²) in [6.45, 7) is 2.30. The molecule has 2 rings (SSSR count). The number of nitrogens with two attached hydrogens (primary N) is 1. The molecule has 0 bridgehead atoms. The Morgan fingerprint density at radius 1 is 1.06 bits per heavy atom. The number of nitrogens with one attached hydrogen (secondary N) is 1. The standard InChI is InChI=1S/C14H26N2O/c1-10-6-8-11(9-7-10)16-14(17)12-4-2-3-5-13(12)15/h10-13H,2-9,15H2,1H3,(H,16,17). The van der Waals surface area contributed by atoms with Crippen molar-refractivity contribution in [3.8, 4) is 0 Å². The minimum Gasteiger partial charge on any atom is -0.353 e. The minimum absolute atomic E-state index is 0.0723. The molecule has 1 amide bonds. The van der Waals surface area contributed by atoms with Crippen molar-refractivity contribution < 1.29 is 4.79 Å². The number of hydrogen-bond donors (Lipinski definition) is 2. The van der Waals surface area contributed by atoms with E-state index in [1.54, 1.807) is 0 Å². The lowest BCUT2D eigenvalue weighted by Crippen LogP contribution is -2.47. The van der Waals surface area contributed by atoms with Gasteiger partial charge < -0.3 is 11.1 Å². The van der Waals surface area contributed by atoms with Crippen molar-refractivity contribution in [1.82, 2.24) is 5.32 Å². The average Bonchev–Trinajstić information content (AvgIpc) is 2.32. The molecule has 0 heterocycles. The van der Waals surface area contributed by atoms with E-state index in [1.807, 2.05) is 0 Å². The van der Waals surface area contributed by atoms with Crippen LogP contribution in [0.25, 0.3) is 0 Å². The van der Waals surface area contributed by atoms with Crippen molar-refractivity contribution in [2.24, 2.45) is 17.6 Å². The van der Waals surface area contributed by atoms with Crippen LogP contribution in [-0.2, 0) is 4.79 Å². The van der Waals surface area contributed by atoms with E-state index >= 15 is 0 Å². The Bertz CT molecular complexity index is 259. The lowest BCUT2D eigenvalue weighted by molar-refractivity contribution is -0.127. The average molecular weight is 238 g/mol. The number of carbonyl (C=O) groups is 1. The summed E-state index contributed by atoms with van der Waals surface area (Å²) in [6.07, 6.45) is 9.14. The van der Waals surface area contributed by atoms with Crippen molar-refractivity contribution >= 4 is 5.91 Å². The Labute approximate surface area is 105 Å². The van der Waals surface area contributed by atoms with Crippen molar-refractivity contribution in [2.45, 2.75) is 70.4 Å². The molecule has 98 valence electrons. The molecule has 3 N–H and O–H groups in total. The summed E-state index contributed by atoms with van der Waals surface area (Å²) >= 11 is 0. The smallest absolute Gasteiger partial charge is 0.224 e. The SMILES string of the molecule is CC1CCC(NC(=O)C2CCCCC2N)CC1. The Morgan fingerprint density at radius 3 is 2.35 bits per heavy atom. The molecule has 3 heteroatoms. The highest BCUT2D eigenvalue weighted by Gasteiger charge is 2.30. The van der Waals surface area contributed by atoms with Crippen LogP contribution in [0.2, 0.25) is 0 Å². The first kappa shape index (κ1) is 12.9. The second-order valence-corrected chi connectivity index (χ2v) is 6.02. The predicted octanol–water partition coefficient (Wildman–Crippen LogP) is 2.20. The molecular formula is C14H26N2O. The summed E-state index contributed by atoms with van der Waals surface area (Å²) in [7, 11) is 0. The Hall–Kier alpha value is -0.570. The van der Waals surface area contributed by atoms with Crippen molar-refractivity contribution in [3.63, 3.8) is 0 Å². The van der Waals surface area contributed by atoms with Crippen LogP contribution in [0.15, 0.2) is 0 Å². The highest BCUT2D eigenvalue weighted by molar-refractivity contribution is 5.79. The summed E-state index contributed by atoms with van der Waals surface area (Å²) < 4.78 is 0. The van der Waals surface area contributed by atoms with E-state index in [4.69, 9.17) is 5.73 Å². The van der Waals surface area contributed by atoms with Crippen LogP contribution >= 0.6 is 0 Å². The molecule has 0 aliphatic heterocycles. The van der Waals surface area contributed by atoms with Crippen LogP contribution in [0.5, 0.6) is 0 Å². The fourth-order valence-electron chi connectivity index (χ4n) is 3.20. The molecule has 0 aromatic carbocycles. The van der Waals surface area contributed by atoms with Crippen LogP contribution in [0.1, 0.15) is 58.3 Å². The third-order valence-corrected chi connectivity index (χ3v) is 4.52.